The van der Waals surface area contributed by atoms with Gasteiger partial charge in [-0.25, -0.2) is 9.97 Å². The highest BCUT2D eigenvalue weighted by molar-refractivity contribution is 6.08. The first-order valence-corrected chi connectivity index (χ1v) is 9.56. The topological polar surface area (TPSA) is 92.9 Å². The highest BCUT2D eigenvalue weighted by Crippen LogP contribution is 2.33. The molecule has 1 aliphatic heterocycles. The standard InChI is InChI=1S/C21H20F3N5O/c22-21(23,24)14-5-3-12(4-6-14)13-8-16(19(25)30)18-17(9-13)20(28-11-27-18)29-15-2-1-7-26-10-15/h3-6,8-9,11,15,26H,1-2,7,10H2,(H2,25,30)(H,27,28,29)/t15-/m0/s1. The summed E-state index contributed by atoms with van der Waals surface area (Å²) in [5.41, 5.74) is 6.51. The van der Waals surface area contributed by atoms with Crippen LogP contribution in [0.15, 0.2) is 42.7 Å². The number of aromatic nitrogens is 2. The molecule has 9 heteroatoms. The molecule has 2 aromatic carbocycles. The number of amides is 1. The van der Waals surface area contributed by atoms with Crippen LogP contribution in [-0.2, 0) is 6.18 Å². The molecule has 4 rings (SSSR count). The van der Waals surface area contributed by atoms with Gasteiger partial charge in [-0.15, -0.1) is 0 Å². The van der Waals surface area contributed by atoms with Crippen molar-refractivity contribution >= 4 is 22.6 Å². The van der Waals surface area contributed by atoms with E-state index in [4.69, 9.17) is 5.73 Å². The summed E-state index contributed by atoms with van der Waals surface area (Å²) < 4.78 is 38.7. The number of primary amides is 1. The molecule has 1 atom stereocenters. The Hall–Kier alpha value is -3.20. The summed E-state index contributed by atoms with van der Waals surface area (Å²) in [4.78, 5) is 20.6. The minimum absolute atomic E-state index is 0.170. The zero-order chi connectivity index (χ0) is 21.3. The van der Waals surface area contributed by atoms with Gasteiger partial charge in [0.05, 0.1) is 16.6 Å². The van der Waals surface area contributed by atoms with Crippen LogP contribution < -0.4 is 16.4 Å². The Kier molecular flexibility index (Phi) is 5.29. The SMILES string of the molecule is NC(=O)c1cc(-c2ccc(C(F)(F)F)cc2)cc2c(N[C@H]3CCCNC3)ncnc12. The Morgan fingerprint density at radius 1 is 1.13 bits per heavy atom. The summed E-state index contributed by atoms with van der Waals surface area (Å²) >= 11 is 0. The van der Waals surface area contributed by atoms with Crippen LogP contribution in [0.2, 0.25) is 0 Å². The zero-order valence-corrected chi connectivity index (χ0v) is 16.0. The number of alkyl halides is 3. The van der Waals surface area contributed by atoms with E-state index < -0.39 is 17.6 Å². The second kappa shape index (κ2) is 7.91. The van der Waals surface area contributed by atoms with E-state index >= 15 is 0 Å². The van der Waals surface area contributed by atoms with Crippen molar-refractivity contribution in [1.29, 1.82) is 0 Å². The first kappa shape index (κ1) is 20.1. The van der Waals surface area contributed by atoms with E-state index in [1.165, 1.54) is 18.5 Å². The fraction of sp³-hybridized carbons (Fsp3) is 0.286. The average molecular weight is 415 g/mol. The van der Waals surface area contributed by atoms with Crippen LogP contribution >= 0.6 is 0 Å². The van der Waals surface area contributed by atoms with Crippen molar-refractivity contribution < 1.29 is 18.0 Å². The summed E-state index contributed by atoms with van der Waals surface area (Å²) in [7, 11) is 0. The molecule has 0 spiro atoms. The minimum atomic E-state index is -4.42. The van der Waals surface area contributed by atoms with E-state index in [2.05, 4.69) is 20.6 Å². The number of hydrogen-bond donors (Lipinski definition) is 3. The number of nitrogens with zero attached hydrogens (tertiary/aromatic N) is 2. The summed E-state index contributed by atoms with van der Waals surface area (Å²) in [6.45, 7) is 1.75. The largest absolute Gasteiger partial charge is 0.416 e. The minimum Gasteiger partial charge on any atom is -0.366 e. The summed E-state index contributed by atoms with van der Waals surface area (Å²) in [6.07, 6.45) is -1.05. The quantitative estimate of drug-likeness (QED) is 0.606. The number of hydrogen-bond acceptors (Lipinski definition) is 5. The van der Waals surface area contributed by atoms with Gasteiger partial charge in [-0.05, 0) is 54.8 Å². The number of benzene rings is 2. The molecule has 30 heavy (non-hydrogen) atoms. The zero-order valence-electron chi connectivity index (χ0n) is 16.0. The van der Waals surface area contributed by atoms with Crippen molar-refractivity contribution in [2.45, 2.75) is 25.1 Å². The maximum Gasteiger partial charge on any atom is 0.416 e. The number of rotatable bonds is 4. The number of nitrogens with one attached hydrogen (secondary N) is 2. The third-order valence-corrected chi connectivity index (χ3v) is 5.19. The molecule has 0 unspecified atom stereocenters. The van der Waals surface area contributed by atoms with Crippen molar-refractivity contribution in [3.8, 4) is 11.1 Å². The number of nitrogens with two attached hydrogens (primary N) is 1. The van der Waals surface area contributed by atoms with Gasteiger partial charge in [-0.3, -0.25) is 4.79 Å². The van der Waals surface area contributed by atoms with E-state index in [-0.39, 0.29) is 11.6 Å². The fourth-order valence-corrected chi connectivity index (χ4v) is 3.66. The third kappa shape index (κ3) is 4.06. The molecule has 1 aromatic heterocycles. The lowest BCUT2D eigenvalue weighted by atomic mass is 9.98. The molecule has 4 N–H and O–H groups in total. The second-order valence-corrected chi connectivity index (χ2v) is 7.27. The Labute approximate surface area is 170 Å². The molecule has 1 fully saturated rings. The predicted molar refractivity (Wildman–Crippen MR) is 108 cm³/mol. The number of carbonyl (C=O) groups is 1. The lowest BCUT2D eigenvalue weighted by molar-refractivity contribution is -0.137. The van der Waals surface area contributed by atoms with Crippen LogP contribution in [0, 0.1) is 0 Å². The van der Waals surface area contributed by atoms with Gasteiger partial charge in [0.15, 0.2) is 0 Å². The van der Waals surface area contributed by atoms with Gasteiger partial charge in [0.1, 0.15) is 12.1 Å². The van der Waals surface area contributed by atoms with Crippen molar-refractivity contribution in [2.24, 2.45) is 5.73 Å². The van der Waals surface area contributed by atoms with Crippen molar-refractivity contribution in [3.63, 3.8) is 0 Å². The van der Waals surface area contributed by atoms with E-state index in [1.54, 1.807) is 12.1 Å². The number of carbonyl (C=O) groups excluding carboxylic acids is 1. The number of halogens is 3. The molecule has 1 amide bonds. The number of piperidine rings is 1. The van der Waals surface area contributed by atoms with Crippen LogP contribution in [0.3, 0.4) is 0 Å². The average Bonchev–Trinajstić information content (AvgIpc) is 2.73. The Balaban J connectivity index is 1.80. The van der Waals surface area contributed by atoms with E-state index in [0.29, 0.717) is 27.8 Å². The van der Waals surface area contributed by atoms with Gasteiger partial charge in [-0.2, -0.15) is 13.2 Å². The number of fused-ring (bicyclic) bond motifs is 1. The highest BCUT2D eigenvalue weighted by atomic mass is 19.4. The van der Waals surface area contributed by atoms with Gasteiger partial charge < -0.3 is 16.4 Å². The molecular formula is C21H20F3N5O. The summed E-state index contributed by atoms with van der Waals surface area (Å²) in [5.74, 6) is -0.109. The van der Waals surface area contributed by atoms with E-state index in [9.17, 15) is 18.0 Å². The van der Waals surface area contributed by atoms with Crippen LogP contribution in [0.4, 0.5) is 19.0 Å². The lowest BCUT2D eigenvalue weighted by Gasteiger charge is -2.25. The Morgan fingerprint density at radius 3 is 2.53 bits per heavy atom. The summed E-state index contributed by atoms with van der Waals surface area (Å²) in [6, 6.07) is 8.25. The van der Waals surface area contributed by atoms with E-state index in [1.807, 2.05) is 0 Å². The maximum atomic E-state index is 12.9. The van der Waals surface area contributed by atoms with Gasteiger partial charge >= 0.3 is 6.18 Å². The van der Waals surface area contributed by atoms with E-state index in [0.717, 1.165) is 38.1 Å². The molecular weight excluding hydrogens is 395 g/mol. The monoisotopic (exact) mass is 415 g/mol. The molecule has 0 aliphatic carbocycles. The fourth-order valence-electron chi connectivity index (χ4n) is 3.66. The molecule has 156 valence electrons. The van der Waals surface area contributed by atoms with Crippen molar-refractivity contribution in [2.75, 3.05) is 18.4 Å². The van der Waals surface area contributed by atoms with Gasteiger partial charge in [0, 0.05) is 18.0 Å². The Morgan fingerprint density at radius 2 is 1.90 bits per heavy atom. The van der Waals surface area contributed by atoms with Crippen LogP contribution in [0.25, 0.3) is 22.0 Å². The van der Waals surface area contributed by atoms with Crippen molar-refractivity contribution in [1.82, 2.24) is 15.3 Å². The van der Waals surface area contributed by atoms with Crippen LogP contribution in [-0.4, -0.2) is 35.0 Å². The third-order valence-electron chi connectivity index (χ3n) is 5.19. The molecule has 0 bridgehead atoms. The molecule has 0 saturated carbocycles. The van der Waals surface area contributed by atoms with Gasteiger partial charge in [0.2, 0.25) is 0 Å². The molecule has 1 saturated heterocycles. The van der Waals surface area contributed by atoms with Gasteiger partial charge in [-0.1, -0.05) is 12.1 Å². The number of anilines is 1. The Bertz CT molecular complexity index is 1080. The normalized spacial score (nSPS) is 17.1. The first-order valence-electron chi connectivity index (χ1n) is 9.56. The van der Waals surface area contributed by atoms with Crippen molar-refractivity contribution in [3.05, 3.63) is 53.9 Å². The van der Waals surface area contributed by atoms with Crippen LogP contribution in [0.1, 0.15) is 28.8 Å². The molecule has 6 nitrogen and oxygen atoms in total. The lowest BCUT2D eigenvalue weighted by Crippen LogP contribution is -2.38. The molecule has 1 aliphatic rings. The first-order chi connectivity index (χ1) is 14.3. The van der Waals surface area contributed by atoms with Crippen LogP contribution in [0.5, 0.6) is 0 Å². The second-order valence-electron chi connectivity index (χ2n) is 7.27. The van der Waals surface area contributed by atoms with Gasteiger partial charge in [0.25, 0.3) is 5.91 Å². The maximum absolute atomic E-state index is 12.9. The summed E-state index contributed by atoms with van der Waals surface area (Å²) in [5, 5.41) is 7.29. The smallest absolute Gasteiger partial charge is 0.366 e. The molecule has 2 heterocycles. The predicted octanol–water partition coefficient (Wildman–Crippen LogP) is 3.58. The molecule has 0 radical (unpaired) electrons. The highest BCUT2D eigenvalue weighted by Gasteiger charge is 2.30. The molecule has 3 aromatic rings.